The van der Waals surface area contributed by atoms with Crippen molar-refractivity contribution < 1.29 is 4.52 Å². The minimum atomic E-state index is 0.387. The van der Waals surface area contributed by atoms with E-state index >= 15 is 0 Å². The molecule has 0 aromatic carbocycles. The van der Waals surface area contributed by atoms with Gasteiger partial charge >= 0.3 is 0 Å². The highest BCUT2D eigenvalue weighted by Gasteiger charge is 2.14. The molecule has 0 aliphatic carbocycles. The average Bonchev–Trinajstić information content (AvgIpc) is 2.03. The third kappa shape index (κ3) is 5.61. The van der Waals surface area contributed by atoms with Gasteiger partial charge in [0, 0.05) is 12.1 Å². The molecule has 0 N–H and O–H groups in total. The Morgan fingerprint density at radius 2 is 1.54 bits per heavy atom. The van der Waals surface area contributed by atoms with Gasteiger partial charge in [-0.15, -0.1) is 0 Å². The summed E-state index contributed by atoms with van der Waals surface area (Å²) in [5.41, 5.74) is 0. The van der Waals surface area contributed by atoms with Crippen LogP contribution in [0.1, 0.15) is 48.0 Å². The van der Waals surface area contributed by atoms with Crippen LogP contribution in [0, 0.1) is 0 Å². The van der Waals surface area contributed by atoms with Crippen molar-refractivity contribution in [2.45, 2.75) is 66.2 Å². The van der Waals surface area contributed by atoms with Crippen LogP contribution in [0.15, 0.2) is 0 Å². The average molecular weight is 205 g/mol. The highest BCUT2D eigenvalue weighted by Crippen LogP contribution is 2.27. The number of hydrogen-bond donors (Lipinski definition) is 0. The maximum absolute atomic E-state index is 5.73. The predicted molar refractivity (Wildman–Crippen MR) is 61.3 cm³/mol. The Kier molecular flexibility index (Phi) is 6.93. The van der Waals surface area contributed by atoms with Gasteiger partial charge in [-0.3, -0.25) is 4.67 Å². The summed E-state index contributed by atoms with van der Waals surface area (Å²) < 4.78 is 8.11. The quantitative estimate of drug-likeness (QED) is 0.616. The van der Waals surface area contributed by atoms with Crippen molar-refractivity contribution in [3.63, 3.8) is 0 Å². The van der Waals surface area contributed by atoms with Crippen molar-refractivity contribution in [3.8, 4) is 0 Å². The molecule has 0 aromatic heterocycles. The van der Waals surface area contributed by atoms with Crippen LogP contribution in [0.2, 0.25) is 0 Å². The van der Waals surface area contributed by atoms with Crippen LogP contribution in [0.3, 0.4) is 0 Å². The van der Waals surface area contributed by atoms with Gasteiger partial charge in [0.15, 0.2) is 0 Å². The van der Waals surface area contributed by atoms with E-state index in [1.54, 1.807) is 0 Å². The van der Waals surface area contributed by atoms with Crippen LogP contribution in [0.4, 0.5) is 0 Å². The minimum absolute atomic E-state index is 0.387. The summed E-state index contributed by atoms with van der Waals surface area (Å²) in [7, 11) is 0.504. The smallest absolute Gasteiger partial charge is 0.0898 e. The fraction of sp³-hybridized carbons (Fsp3) is 1.00. The van der Waals surface area contributed by atoms with Gasteiger partial charge in [-0.2, -0.15) is 0 Å². The molecular formula is C10H24NOP. The molecule has 0 heterocycles. The first-order chi connectivity index (χ1) is 5.99. The summed E-state index contributed by atoms with van der Waals surface area (Å²) in [6, 6.07) is 1.14. The molecule has 0 aromatic rings. The first-order valence-electron chi connectivity index (χ1n) is 5.18. The molecule has 0 bridgehead atoms. The van der Waals surface area contributed by atoms with Crippen LogP contribution < -0.4 is 0 Å². The molecule has 0 aliphatic heterocycles. The molecule has 0 saturated heterocycles. The van der Waals surface area contributed by atoms with Gasteiger partial charge in [-0.1, -0.05) is 6.92 Å². The molecule has 13 heavy (non-hydrogen) atoms. The van der Waals surface area contributed by atoms with Crippen molar-refractivity contribution >= 4 is 8.96 Å². The van der Waals surface area contributed by atoms with Crippen LogP contribution in [-0.2, 0) is 4.52 Å². The number of nitrogens with zero attached hydrogens (tertiary/aromatic N) is 1. The molecule has 0 spiro atoms. The molecular weight excluding hydrogens is 181 g/mol. The number of rotatable bonds is 6. The zero-order valence-electron chi connectivity index (χ0n) is 9.79. The molecule has 0 saturated carbocycles. The first-order valence-corrected chi connectivity index (χ1v) is 6.04. The molecule has 3 heteroatoms. The van der Waals surface area contributed by atoms with Gasteiger partial charge in [0.25, 0.3) is 0 Å². The molecule has 2 nitrogen and oxygen atoms in total. The zero-order valence-corrected chi connectivity index (χ0v) is 10.8. The molecule has 0 aliphatic rings. The van der Waals surface area contributed by atoms with Gasteiger partial charge in [0.1, 0.15) is 0 Å². The fourth-order valence-electron chi connectivity index (χ4n) is 1.04. The second kappa shape index (κ2) is 6.75. The Balaban J connectivity index is 3.83. The molecule has 0 amide bonds. The van der Waals surface area contributed by atoms with E-state index in [1.165, 1.54) is 0 Å². The summed E-state index contributed by atoms with van der Waals surface area (Å²) in [5.74, 6) is 0. The molecule has 0 fully saturated rings. The Morgan fingerprint density at radius 3 is 1.85 bits per heavy atom. The third-order valence-electron chi connectivity index (χ3n) is 2.05. The lowest BCUT2D eigenvalue weighted by molar-refractivity contribution is 0.210. The highest BCUT2D eigenvalue weighted by molar-refractivity contribution is 7.29. The molecule has 2 atom stereocenters. The maximum atomic E-state index is 5.73. The van der Waals surface area contributed by atoms with Crippen LogP contribution in [-0.4, -0.2) is 22.9 Å². The predicted octanol–water partition coefficient (Wildman–Crippen LogP) is 3.43. The van der Waals surface area contributed by atoms with Gasteiger partial charge in [0.2, 0.25) is 0 Å². The standard InChI is InChI=1S/C10H24NOP/c1-7-10(6)12-13-11(8(2)3)9(4)5/h8-10,13H,7H2,1-6H3. The van der Waals surface area contributed by atoms with Crippen molar-refractivity contribution in [2.75, 3.05) is 0 Å². The second-order valence-corrected chi connectivity index (χ2v) is 4.96. The largest absolute Gasteiger partial charge is 0.343 e. The summed E-state index contributed by atoms with van der Waals surface area (Å²) in [6.45, 7) is 13.1. The SMILES string of the molecule is CCC(C)OPN(C(C)C)C(C)C. The van der Waals surface area contributed by atoms with E-state index in [2.05, 4.69) is 46.2 Å². The van der Waals surface area contributed by atoms with Crippen molar-refractivity contribution in [3.05, 3.63) is 0 Å². The monoisotopic (exact) mass is 205 g/mol. The van der Waals surface area contributed by atoms with Crippen molar-refractivity contribution in [1.29, 1.82) is 0 Å². The summed E-state index contributed by atoms with van der Waals surface area (Å²) in [6.07, 6.45) is 1.48. The lowest BCUT2D eigenvalue weighted by atomic mass is 10.3. The van der Waals surface area contributed by atoms with Gasteiger partial charge < -0.3 is 4.52 Å². The number of hydrogen-bond acceptors (Lipinski definition) is 2. The zero-order chi connectivity index (χ0) is 10.4. The van der Waals surface area contributed by atoms with E-state index in [1.807, 2.05) is 0 Å². The highest BCUT2D eigenvalue weighted by atomic mass is 31.1. The second-order valence-electron chi connectivity index (χ2n) is 4.02. The normalized spacial score (nSPS) is 15.5. The Labute approximate surface area is 85.0 Å². The Morgan fingerprint density at radius 1 is 1.08 bits per heavy atom. The van der Waals surface area contributed by atoms with Crippen LogP contribution in [0.25, 0.3) is 0 Å². The molecule has 2 unspecified atom stereocenters. The first kappa shape index (κ1) is 13.4. The van der Waals surface area contributed by atoms with E-state index in [9.17, 15) is 0 Å². The van der Waals surface area contributed by atoms with Crippen LogP contribution in [0.5, 0.6) is 0 Å². The summed E-state index contributed by atoms with van der Waals surface area (Å²) in [5, 5.41) is 0. The van der Waals surface area contributed by atoms with Crippen molar-refractivity contribution in [2.24, 2.45) is 0 Å². The lowest BCUT2D eigenvalue weighted by Crippen LogP contribution is -2.30. The lowest BCUT2D eigenvalue weighted by Gasteiger charge is -2.30. The third-order valence-corrected chi connectivity index (χ3v) is 3.80. The van der Waals surface area contributed by atoms with Gasteiger partial charge in [-0.25, -0.2) is 0 Å². The van der Waals surface area contributed by atoms with Crippen LogP contribution >= 0.6 is 8.96 Å². The minimum Gasteiger partial charge on any atom is -0.343 e. The van der Waals surface area contributed by atoms with E-state index < -0.39 is 0 Å². The topological polar surface area (TPSA) is 12.5 Å². The van der Waals surface area contributed by atoms with E-state index in [4.69, 9.17) is 4.52 Å². The summed E-state index contributed by atoms with van der Waals surface area (Å²) in [4.78, 5) is 0. The van der Waals surface area contributed by atoms with E-state index in [-0.39, 0.29) is 0 Å². The molecule has 0 radical (unpaired) electrons. The molecule has 80 valence electrons. The summed E-state index contributed by atoms with van der Waals surface area (Å²) >= 11 is 0. The van der Waals surface area contributed by atoms with Crippen molar-refractivity contribution in [1.82, 2.24) is 4.67 Å². The van der Waals surface area contributed by atoms with Gasteiger partial charge in [-0.05, 0) is 41.0 Å². The van der Waals surface area contributed by atoms with E-state index in [0.717, 1.165) is 6.42 Å². The van der Waals surface area contributed by atoms with Gasteiger partial charge in [0.05, 0.1) is 15.1 Å². The molecule has 0 rings (SSSR count). The Hall–Kier alpha value is 0.350. The maximum Gasteiger partial charge on any atom is 0.0898 e. The van der Waals surface area contributed by atoms with E-state index in [0.29, 0.717) is 27.1 Å². The fourth-order valence-corrected chi connectivity index (χ4v) is 1.93. The Bertz CT molecular complexity index is 120.